The summed E-state index contributed by atoms with van der Waals surface area (Å²) < 4.78 is 27.9. The second-order valence-corrected chi connectivity index (χ2v) is 8.73. The standard InChI is InChI=1S/C21H27F2N7O/c1-21(2,20(22)23)28-15-5-3-13(4-6-15)10-25-19(31)18-17-14(11-26-29-17)9-16(27-18)30-8-7-24-12-30/h7-9,11-13,15,20,28H,3-6,10H2,1-2H3,(H,25,31)(H,26,29). The molecule has 1 amide bonds. The van der Waals surface area contributed by atoms with Gasteiger partial charge in [0.1, 0.15) is 12.1 Å². The van der Waals surface area contributed by atoms with Gasteiger partial charge in [-0.15, -0.1) is 0 Å². The zero-order valence-corrected chi connectivity index (χ0v) is 17.6. The van der Waals surface area contributed by atoms with Crippen LogP contribution in [0, 0.1) is 5.92 Å². The van der Waals surface area contributed by atoms with Gasteiger partial charge in [0.2, 0.25) is 0 Å². The fourth-order valence-electron chi connectivity index (χ4n) is 4.05. The third-order valence-electron chi connectivity index (χ3n) is 5.92. The van der Waals surface area contributed by atoms with Gasteiger partial charge in [-0.25, -0.2) is 18.7 Å². The van der Waals surface area contributed by atoms with Crippen molar-refractivity contribution in [2.75, 3.05) is 6.54 Å². The Balaban J connectivity index is 1.37. The van der Waals surface area contributed by atoms with Crippen LogP contribution in [0.4, 0.5) is 8.78 Å². The molecule has 1 aliphatic carbocycles. The molecule has 8 nitrogen and oxygen atoms in total. The van der Waals surface area contributed by atoms with Crippen molar-refractivity contribution in [1.82, 2.24) is 35.4 Å². The number of aromatic amines is 1. The first-order valence-electron chi connectivity index (χ1n) is 10.5. The quantitative estimate of drug-likeness (QED) is 0.534. The van der Waals surface area contributed by atoms with E-state index in [1.54, 1.807) is 29.5 Å². The molecule has 166 valence electrons. The molecule has 4 rings (SSSR count). The maximum atomic E-state index is 13.1. The number of carbonyl (C=O) groups excluding carboxylic acids is 1. The zero-order chi connectivity index (χ0) is 22.0. The van der Waals surface area contributed by atoms with Gasteiger partial charge >= 0.3 is 0 Å². The summed E-state index contributed by atoms with van der Waals surface area (Å²) >= 11 is 0. The van der Waals surface area contributed by atoms with E-state index in [0.717, 1.165) is 31.1 Å². The Hall–Kier alpha value is -2.88. The first kappa shape index (κ1) is 21.4. The lowest BCUT2D eigenvalue weighted by Gasteiger charge is -2.35. The molecular formula is C21H27F2N7O. The zero-order valence-electron chi connectivity index (χ0n) is 17.6. The molecule has 0 aliphatic heterocycles. The van der Waals surface area contributed by atoms with Crippen LogP contribution in [0.3, 0.4) is 0 Å². The second kappa shape index (κ2) is 8.70. The van der Waals surface area contributed by atoms with Crippen LogP contribution in [-0.4, -0.2) is 55.2 Å². The fraction of sp³-hybridized carbons (Fsp3) is 0.524. The Morgan fingerprint density at radius 3 is 2.77 bits per heavy atom. The Bertz CT molecular complexity index is 1020. The Kier molecular flexibility index (Phi) is 5.99. The van der Waals surface area contributed by atoms with Gasteiger partial charge in [-0.1, -0.05) is 0 Å². The van der Waals surface area contributed by atoms with E-state index >= 15 is 0 Å². The molecule has 3 N–H and O–H groups in total. The average molecular weight is 431 g/mol. The number of hydrogen-bond donors (Lipinski definition) is 3. The Morgan fingerprint density at radius 2 is 2.10 bits per heavy atom. The molecule has 3 heterocycles. The summed E-state index contributed by atoms with van der Waals surface area (Å²) in [6.07, 6.45) is 7.66. The molecule has 0 aromatic carbocycles. The predicted molar refractivity (Wildman–Crippen MR) is 112 cm³/mol. The highest BCUT2D eigenvalue weighted by Gasteiger charge is 2.33. The molecule has 1 saturated carbocycles. The van der Waals surface area contributed by atoms with E-state index in [2.05, 4.69) is 30.8 Å². The van der Waals surface area contributed by atoms with Gasteiger partial charge in [0.25, 0.3) is 12.3 Å². The minimum absolute atomic E-state index is 0.0779. The molecule has 3 aromatic heterocycles. The van der Waals surface area contributed by atoms with E-state index in [4.69, 9.17) is 0 Å². The summed E-state index contributed by atoms with van der Waals surface area (Å²) in [7, 11) is 0. The van der Waals surface area contributed by atoms with E-state index in [1.807, 2.05) is 6.07 Å². The van der Waals surface area contributed by atoms with Crippen molar-refractivity contribution in [2.24, 2.45) is 5.92 Å². The maximum absolute atomic E-state index is 13.1. The topological polar surface area (TPSA) is 101 Å². The van der Waals surface area contributed by atoms with Crippen LogP contribution in [0.2, 0.25) is 0 Å². The molecule has 0 atom stereocenters. The Morgan fingerprint density at radius 1 is 1.32 bits per heavy atom. The number of aromatic nitrogens is 5. The Labute approximate surface area is 178 Å². The third kappa shape index (κ3) is 4.73. The van der Waals surface area contributed by atoms with Gasteiger partial charge in [-0.2, -0.15) is 5.10 Å². The normalized spacial score (nSPS) is 19.8. The molecular weight excluding hydrogens is 404 g/mol. The van der Waals surface area contributed by atoms with Crippen LogP contribution < -0.4 is 10.6 Å². The predicted octanol–water partition coefficient (Wildman–Crippen LogP) is 3.07. The highest BCUT2D eigenvalue weighted by molar-refractivity contribution is 6.04. The van der Waals surface area contributed by atoms with E-state index in [-0.39, 0.29) is 17.6 Å². The van der Waals surface area contributed by atoms with Gasteiger partial charge in [0.15, 0.2) is 5.69 Å². The van der Waals surface area contributed by atoms with Gasteiger partial charge in [0, 0.05) is 30.4 Å². The number of hydrogen-bond acceptors (Lipinski definition) is 5. The number of rotatable bonds is 7. The van der Waals surface area contributed by atoms with Crippen LogP contribution in [-0.2, 0) is 0 Å². The third-order valence-corrected chi connectivity index (χ3v) is 5.92. The molecule has 0 radical (unpaired) electrons. The number of H-pyrrole nitrogens is 1. The highest BCUT2D eigenvalue weighted by Crippen LogP contribution is 2.27. The molecule has 1 fully saturated rings. The van der Waals surface area contributed by atoms with Crippen molar-refractivity contribution < 1.29 is 13.6 Å². The number of alkyl halides is 2. The molecule has 3 aromatic rings. The summed E-state index contributed by atoms with van der Waals surface area (Å²) in [5.74, 6) is 0.630. The van der Waals surface area contributed by atoms with Crippen molar-refractivity contribution in [3.8, 4) is 5.82 Å². The lowest BCUT2D eigenvalue weighted by atomic mass is 9.85. The van der Waals surface area contributed by atoms with E-state index < -0.39 is 12.0 Å². The van der Waals surface area contributed by atoms with Crippen LogP contribution in [0.5, 0.6) is 0 Å². The number of pyridine rings is 1. The van der Waals surface area contributed by atoms with Crippen LogP contribution in [0.1, 0.15) is 50.0 Å². The summed E-state index contributed by atoms with van der Waals surface area (Å²) in [6, 6.07) is 1.92. The summed E-state index contributed by atoms with van der Waals surface area (Å²) in [5, 5.41) is 13.7. The summed E-state index contributed by atoms with van der Waals surface area (Å²) in [6.45, 7) is 3.59. The van der Waals surface area contributed by atoms with Crippen molar-refractivity contribution in [2.45, 2.75) is 57.5 Å². The van der Waals surface area contributed by atoms with E-state index in [1.165, 1.54) is 13.8 Å². The largest absolute Gasteiger partial charge is 0.350 e. The summed E-state index contributed by atoms with van der Waals surface area (Å²) in [4.78, 5) is 21.4. The molecule has 10 heteroatoms. The minimum Gasteiger partial charge on any atom is -0.350 e. The molecule has 0 saturated heterocycles. The lowest BCUT2D eigenvalue weighted by molar-refractivity contribution is 0.0387. The monoisotopic (exact) mass is 431 g/mol. The van der Waals surface area contributed by atoms with Gasteiger partial charge < -0.3 is 10.6 Å². The lowest BCUT2D eigenvalue weighted by Crippen LogP contribution is -2.52. The molecule has 0 unspecified atom stereocenters. The number of amides is 1. The number of imidazole rings is 1. The maximum Gasteiger partial charge on any atom is 0.272 e. The molecule has 1 aliphatic rings. The highest BCUT2D eigenvalue weighted by atomic mass is 19.3. The van der Waals surface area contributed by atoms with Crippen LogP contribution in [0.15, 0.2) is 31.0 Å². The number of fused-ring (bicyclic) bond motifs is 1. The smallest absolute Gasteiger partial charge is 0.272 e. The first-order chi connectivity index (χ1) is 14.8. The van der Waals surface area contributed by atoms with Crippen molar-refractivity contribution in [3.63, 3.8) is 0 Å². The molecule has 0 bridgehead atoms. The number of nitrogens with one attached hydrogen (secondary N) is 3. The van der Waals surface area contributed by atoms with E-state index in [0.29, 0.717) is 23.8 Å². The van der Waals surface area contributed by atoms with Crippen LogP contribution >= 0.6 is 0 Å². The van der Waals surface area contributed by atoms with Crippen molar-refractivity contribution >= 4 is 16.8 Å². The molecule has 0 spiro atoms. The number of carbonyl (C=O) groups is 1. The van der Waals surface area contributed by atoms with Gasteiger partial charge in [0.05, 0.1) is 17.3 Å². The van der Waals surface area contributed by atoms with Crippen molar-refractivity contribution in [3.05, 3.63) is 36.7 Å². The minimum atomic E-state index is -2.41. The molecule has 31 heavy (non-hydrogen) atoms. The SMILES string of the molecule is CC(C)(NC1CCC(CNC(=O)c2nc(-n3ccnc3)cc3cn[nH]c23)CC1)C(F)F. The van der Waals surface area contributed by atoms with E-state index in [9.17, 15) is 13.6 Å². The number of halogens is 2. The van der Waals surface area contributed by atoms with Crippen molar-refractivity contribution in [1.29, 1.82) is 0 Å². The second-order valence-electron chi connectivity index (χ2n) is 8.73. The van der Waals surface area contributed by atoms with Crippen LogP contribution in [0.25, 0.3) is 16.7 Å². The number of nitrogens with zero attached hydrogens (tertiary/aromatic N) is 4. The first-order valence-corrected chi connectivity index (χ1v) is 10.5. The van der Waals surface area contributed by atoms with Gasteiger partial charge in [-0.3, -0.25) is 14.5 Å². The summed E-state index contributed by atoms with van der Waals surface area (Å²) in [5.41, 5.74) is -0.316. The van der Waals surface area contributed by atoms with Gasteiger partial charge in [-0.05, 0) is 51.5 Å². The fourth-order valence-corrected chi connectivity index (χ4v) is 4.05. The average Bonchev–Trinajstić information content (AvgIpc) is 3.43.